The van der Waals surface area contributed by atoms with E-state index in [9.17, 15) is 14.0 Å². The van der Waals surface area contributed by atoms with Crippen LogP contribution in [0.5, 0.6) is 0 Å². The highest BCUT2D eigenvalue weighted by Crippen LogP contribution is 2.38. The molecule has 0 spiro atoms. The zero-order valence-corrected chi connectivity index (χ0v) is 14.3. The number of amides is 3. The van der Waals surface area contributed by atoms with Crippen LogP contribution in [-0.2, 0) is 4.79 Å². The lowest BCUT2D eigenvalue weighted by Crippen LogP contribution is -2.44. The van der Waals surface area contributed by atoms with Crippen LogP contribution in [0.4, 0.5) is 9.18 Å². The number of hydrogen-bond donors (Lipinski definition) is 1. The van der Waals surface area contributed by atoms with Crippen molar-refractivity contribution in [3.05, 3.63) is 35.6 Å². The molecule has 4 rings (SSSR count). The Bertz CT molecular complexity index is 655. The molecule has 0 radical (unpaired) electrons. The van der Waals surface area contributed by atoms with Gasteiger partial charge in [0.2, 0.25) is 5.91 Å². The molecule has 1 aromatic rings. The molecule has 1 heterocycles. The largest absolute Gasteiger partial charge is 0.331 e. The van der Waals surface area contributed by atoms with Crippen molar-refractivity contribution < 1.29 is 14.0 Å². The third kappa shape index (κ3) is 3.62. The van der Waals surface area contributed by atoms with E-state index in [1.807, 2.05) is 0 Å². The van der Waals surface area contributed by atoms with E-state index in [2.05, 4.69) is 5.32 Å². The molecule has 2 aliphatic carbocycles. The summed E-state index contributed by atoms with van der Waals surface area (Å²) >= 11 is 0. The summed E-state index contributed by atoms with van der Waals surface area (Å²) in [6.45, 7) is 1.30. The van der Waals surface area contributed by atoms with Gasteiger partial charge in [0.05, 0.1) is 12.7 Å². The van der Waals surface area contributed by atoms with Gasteiger partial charge in [-0.2, -0.15) is 0 Å². The Morgan fingerprint density at radius 2 is 1.92 bits per heavy atom. The zero-order chi connectivity index (χ0) is 17.4. The lowest BCUT2D eigenvalue weighted by Gasteiger charge is -2.35. The smallest absolute Gasteiger partial charge is 0.319 e. The summed E-state index contributed by atoms with van der Waals surface area (Å²) in [5.41, 5.74) is 0.930. The number of rotatable bonds is 5. The monoisotopic (exact) mass is 345 g/mol. The Morgan fingerprint density at radius 3 is 2.52 bits per heavy atom. The molecule has 1 unspecified atom stereocenters. The quantitative estimate of drug-likeness (QED) is 0.892. The average Bonchev–Trinajstić information content (AvgIpc) is 3.28. The molecule has 1 aliphatic heterocycles. The van der Waals surface area contributed by atoms with Crippen molar-refractivity contribution in [3.63, 3.8) is 0 Å². The van der Waals surface area contributed by atoms with E-state index in [1.165, 1.54) is 25.0 Å². The van der Waals surface area contributed by atoms with E-state index in [1.54, 1.807) is 21.9 Å². The molecule has 2 saturated carbocycles. The number of benzene rings is 1. The highest BCUT2D eigenvalue weighted by Gasteiger charge is 2.37. The van der Waals surface area contributed by atoms with Crippen LogP contribution in [0.15, 0.2) is 24.3 Å². The van der Waals surface area contributed by atoms with Crippen molar-refractivity contribution in [1.29, 1.82) is 0 Å². The van der Waals surface area contributed by atoms with E-state index in [0.717, 1.165) is 31.4 Å². The fraction of sp³-hybridized carbons (Fsp3) is 0.579. The maximum atomic E-state index is 13.2. The highest BCUT2D eigenvalue weighted by molar-refractivity contribution is 5.87. The Morgan fingerprint density at radius 1 is 1.20 bits per heavy atom. The molecule has 25 heavy (non-hydrogen) atoms. The standard InChI is InChI=1S/C19H24FN3O2/c20-16-8-6-15(7-9-16)18(14-2-1-3-14)21-19(25)23-11-17(24)22(12-23)10-13-4-5-13/h6-9,13-14,18H,1-5,10-12H2,(H,21,25). The van der Waals surface area contributed by atoms with Crippen LogP contribution in [0.2, 0.25) is 0 Å². The number of halogens is 1. The van der Waals surface area contributed by atoms with Gasteiger partial charge < -0.3 is 10.2 Å². The SMILES string of the molecule is O=C1CN(C(=O)NC(c2ccc(F)cc2)C2CCC2)CN1CC1CC1. The van der Waals surface area contributed by atoms with Gasteiger partial charge >= 0.3 is 6.03 Å². The third-order valence-electron chi connectivity index (χ3n) is 5.61. The number of nitrogens with one attached hydrogen (secondary N) is 1. The fourth-order valence-corrected chi connectivity index (χ4v) is 3.65. The van der Waals surface area contributed by atoms with Crippen molar-refractivity contribution in [1.82, 2.24) is 15.1 Å². The maximum Gasteiger partial charge on any atom is 0.319 e. The van der Waals surface area contributed by atoms with Gasteiger partial charge in [0, 0.05) is 6.54 Å². The summed E-state index contributed by atoms with van der Waals surface area (Å²) in [6.07, 6.45) is 5.66. The second-order valence-electron chi connectivity index (χ2n) is 7.57. The van der Waals surface area contributed by atoms with Crippen LogP contribution in [0.1, 0.15) is 43.7 Å². The summed E-state index contributed by atoms with van der Waals surface area (Å²) < 4.78 is 13.2. The fourth-order valence-electron chi connectivity index (χ4n) is 3.65. The van der Waals surface area contributed by atoms with Crippen molar-refractivity contribution >= 4 is 11.9 Å². The maximum absolute atomic E-state index is 13.2. The molecule has 1 aromatic carbocycles. The molecule has 0 bridgehead atoms. The first-order chi connectivity index (χ1) is 12.1. The first kappa shape index (κ1) is 16.4. The molecule has 1 saturated heterocycles. The second-order valence-corrected chi connectivity index (χ2v) is 7.57. The van der Waals surface area contributed by atoms with Crippen LogP contribution in [0.25, 0.3) is 0 Å². The molecule has 3 fully saturated rings. The highest BCUT2D eigenvalue weighted by atomic mass is 19.1. The van der Waals surface area contributed by atoms with Gasteiger partial charge in [-0.3, -0.25) is 9.69 Å². The molecule has 5 nitrogen and oxygen atoms in total. The normalized spacial score (nSPS) is 22.0. The average molecular weight is 345 g/mol. The first-order valence-corrected chi connectivity index (χ1v) is 9.19. The Hall–Kier alpha value is -2.11. The van der Waals surface area contributed by atoms with Gasteiger partial charge in [0.1, 0.15) is 12.4 Å². The van der Waals surface area contributed by atoms with E-state index in [0.29, 0.717) is 18.5 Å². The number of carbonyl (C=O) groups is 2. The second kappa shape index (κ2) is 6.65. The van der Waals surface area contributed by atoms with E-state index in [-0.39, 0.29) is 30.3 Å². The number of carbonyl (C=O) groups excluding carboxylic acids is 2. The number of hydrogen-bond acceptors (Lipinski definition) is 2. The lowest BCUT2D eigenvalue weighted by atomic mass is 9.77. The third-order valence-corrected chi connectivity index (χ3v) is 5.61. The molecular weight excluding hydrogens is 321 g/mol. The first-order valence-electron chi connectivity index (χ1n) is 9.19. The van der Waals surface area contributed by atoms with Crippen molar-refractivity contribution in [3.8, 4) is 0 Å². The Balaban J connectivity index is 1.41. The molecule has 1 atom stereocenters. The van der Waals surface area contributed by atoms with Crippen LogP contribution in [0.3, 0.4) is 0 Å². The van der Waals surface area contributed by atoms with E-state index in [4.69, 9.17) is 0 Å². The summed E-state index contributed by atoms with van der Waals surface area (Å²) in [5.74, 6) is 0.761. The molecule has 1 N–H and O–H groups in total. The molecule has 0 aromatic heterocycles. The predicted molar refractivity (Wildman–Crippen MR) is 91.0 cm³/mol. The number of urea groups is 1. The Kier molecular flexibility index (Phi) is 4.36. The summed E-state index contributed by atoms with van der Waals surface area (Å²) in [6, 6.07) is 6.04. The van der Waals surface area contributed by atoms with Crippen LogP contribution in [-0.4, -0.2) is 41.5 Å². The van der Waals surface area contributed by atoms with Gasteiger partial charge in [-0.25, -0.2) is 9.18 Å². The zero-order valence-electron chi connectivity index (χ0n) is 14.3. The Labute approximate surface area is 147 Å². The molecule has 134 valence electrons. The summed E-state index contributed by atoms with van der Waals surface area (Å²) in [7, 11) is 0. The molecule has 3 amide bonds. The minimum Gasteiger partial charge on any atom is -0.331 e. The van der Waals surface area contributed by atoms with Crippen LogP contribution < -0.4 is 5.32 Å². The van der Waals surface area contributed by atoms with Crippen LogP contribution in [0, 0.1) is 17.7 Å². The van der Waals surface area contributed by atoms with E-state index < -0.39 is 0 Å². The number of nitrogens with zero attached hydrogens (tertiary/aromatic N) is 2. The minimum atomic E-state index is -0.275. The molecular formula is C19H24FN3O2. The van der Waals surface area contributed by atoms with Gasteiger partial charge in [-0.15, -0.1) is 0 Å². The molecule has 6 heteroatoms. The minimum absolute atomic E-state index is 0.0315. The topological polar surface area (TPSA) is 52.7 Å². The van der Waals surface area contributed by atoms with Crippen molar-refractivity contribution in [2.75, 3.05) is 19.8 Å². The van der Waals surface area contributed by atoms with Crippen LogP contribution >= 0.6 is 0 Å². The van der Waals surface area contributed by atoms with Gasteiger partial charge in [-0.1, -0.05) is 18.6 Å². The van der Waals surface area contributed by atoms with Gasteiger partial charge in [0.15, 0.2) is 0 Å². The van der Waals surface area contributed by atoms with Crippen molar-refractivity contribution in [2.24, 2.45) is 11.8 Å². The van der Waals surface area contributed by atoms with Gasteiger partial charge in [-0.05, 0) is 55.2 Å². The lowest BCUT2D eigenvalue weighted by molar-refractivity contribution is -0.126. The van der Waals surface area contributed by atoms with Crippen molar-refractivity contribution in [2.45, 2.75) is 38.1 Å². The molecule has 3 aliphatic rings. The van der Waals surface area contributed by atoms with Gasteiger partial charge in [0.25, 0.3) is 0 Å². The van der Waals surface area contributed by atoms with E-state index >= 15 is 0 Å². The summed E-state index contributed by atoms with van der Waals surface area (Å²) in [5, 5.41) is 3.09. The predicted octanol–water partition coefficient (Wildman–Crippen LogP) is 2.89. The summed E-state index contributed by atoms with van der Waals surface area (Å²) in [4.78, 5) is 28.2.